The van der Waals surface area contributed by atoms with Gasteiger partial charge in [0.05, 0.1) is 5.75 Å². The number of primary amides is 1. The molecule has 15 heavy (non-hydrogen) atoms. The van der Waals surface area contributed by atoms with E-state index in [-0.39, 0.29) is 18.6 Å². The van der Waals surface area contributed by atoms with Crippen LogP contribution in [0.2, 0.25) is 0 Å². The van der Waals surface area contributed by atoms with Crippen LogP contribution in [0.4, 0.5) is 0 Å². The number of carboxylic acids is 1. The van der Waals surface area contributed by atoms with Crippen molar-refractivity contribution in [1.29, 1.82) is 0 Å². The Bertz CT molecular complexity index is 337. The molecule has 1 amide bonds. The normalized spacial score (nSPS) is 13.4. The van der Waals surface area contributed by atoms with Gasteiger partial charge in [0.1, 0.15) is 6.04 Å². The summed E-state index contributed by atoms with van der Waals surface area (Å²) in [5.41, 5.74) is 4.83. The van der Waals surface area contributed by atoms with Crippen LogP contribution in [0.25, 0.3) is 0 Å². The Kier molecular flexibility index (Phi) is 5.23. The van der Waals surface area contributed by atoms with Gasteiger partial charge >= 0.3 is 5.97 Å². The van der Waals surface area contributed by atoms with Gasteiger partial charge in [-0.2, -0.15) is 0 Å². The first-order chi connectivity index (χ1) is 6.78. The number of aliphatic carboxylic acids is 1. The Morgan fingerprint density at radius 2 is 2.00 bits per heavy atom. The van der Waals surface area contributed by atoms with Crippen LogP contribution in [0.3, 0.4) is 0 Å². The molecule has 0 aromatic heterocycles. The molecule has 0 saturated carbocycles. The van der Waals surface area contributed by atoms with Crippen LogP contribution in [-0.4, -0.2) is 37.2 Å². The first kappa shape index (κ1) is 13.8. The second-order valence-corrected chi connectivity index (χ2v) is 4.96. The van der Waals surface area contributed by atoms with Gasteiger partial charge in [0, 0.05) is 6.42 Å². The Balaban J connectivity index is 4.42. The van der Waals surface area contributed by atoms with Gasteiger partial charge in [0.15, 0.2) is 0 Å². The molecule has 0 aliphatic rings. The van der Waals surface area contributed by atoms with Gasteiger partial charge in [-0.15, -0.1) is 0 Å². The Morgan fingerprint density at radius 1 is 1.47 bits per heavy atom. The zero-order valence-electron chi connectivity index (χ0n) is 8.26. The Morgan fingerprint density at radius 3 is 2.33 bits per heavy atom. The number of hydrogen-bond donors (Lipinski definition) is 3. The van der Waals surface area contributed by atoms with Crippen LogP contribution < -0.4 is 10.5 Å². The Hall–Kier alpha value is -1.15. The molecule has 8 heteroatoms. The van der Waals surface area contributed by atoms with Crippen LogP contribution in [0.15, 0.2) is 0 Å². The van der Waals surface area contributed by atoms with Crippen LogP contribution in [0.1, 0.15) is 19.8 Å². The standard InChI is InChI=1S/C7H14N2O5S/c1-2-15(13,14)9-5(7(11)12)3-4-6(8)10/h5,9H,2-4H2,1H3,(H2,8,10)(H,11,12)/t5-/m0/s1. The highest BCUT2D eigenvalue weighted by molar-refractivity contribution is 7.89. The zero-order valence-corrected chi connectivity index (χ0v) is 9.08. The second kappa shape index (κ2) is 5.66. The number of carbonyl (C=O) groups excluding carboxylic acids is 1. The van der Waals surface area contributed by atoms with Crippen molar-refractivity contribution in [2.75, 3.05) is 5.75 Å². The number of carboxylic acid groups (broad SMARTS) is 1. The van der Waals surface area contributed by atoms with Gasteiger partial charge in [-0.1, -0.05) is 0 Å². The minimum Gasteiger partial charge on any atom is -0.480 e. The molecule has 0 fully saturated rings. The molecule has 0 rings (SSSR count). The van der Waals surface area contributed by atoms with E-state index in [1.165, 1.54) is 6.92 Å². The third-order valence-electron chi connectivity index (χ3n) is 1.68. The molecule has 88 valence electrons. The predicted octanol–water partition coefficient (Wildman–Crippen LogP) is -1.36. The fourth-order valence-electron chi connectivity index (χ4n) is 0.819. The monoisotopic (exact) mass is 238 g/mol. The zero-order chi connectivity index (χ0) is 12.1. The minimum absolute atomic E-state index is 0.149. The number of hydrogen-bond acceptors (Lipinski definition) is 4. The van der Waals surface area contributed by atoms with E-state index in [2.05, 4.69) is 0 Å². The van der Waals surface area contributed by atoms with Crippen molar-refractivity contribution in [3.63, 3.8) is 0 Å². The van der Waals surface area contributed by atoms with Gasteiger partial charge in [0.25, 0.3) is 0 Å². The lowest BCUT2D eigenvalue weighted by Gasteiger charge is -2.12. The molecule has 0 saturated heterocycles. The SMILES string of the molecule is CCS(=O)(=O)N[C@@H](CCC(N)=O)C(=O)O. The number of nitrogens with one attached hydrogen (secondary N) is 1. The molecule has 0 aromatic rings. The maximum absolute atomic E-state index is 11.1. The third-order valence-corrected chi connectivity index (χ3v) is 3.08. The highest BCUT2D eigenvalue weighted by Gasteiger charge is 2.22. The van der Waals surface area contributed by atoms with Crippen LogP contribution in [0, 0.1) is 0 Å². The molecule has 0 bridgehead atoms. The lowest BCUT2D eigenvalue weighted by molar-refractivity contribution is -0.139. The first-order valence-corrected chi connectivity index (χ1v) is 5.95. The molecule has 7 nitrogen and oxygen atoms in total. The van der Waals surface area contributed by atoms with Crippen molar-refractivity contribution in [2.24, 2.45) is 5.73 Å². The van der Waals surface area contributed by atoms with E-state index in [9.17, 15) is 18.0 Å². The van der Waals surface area contributed by atoms with Crippen LogP contribution in [-0.2, 0) is 19.6 Å². The molecular weight excluding hydrogens is 224 g/mol. The van der Waals surface area contributed by atoms with Crippen LogP contribution in [0.5, 0.6) is 0 Å². The molecular formula is C7H14N2O5S. The summed E-state index contributed by atoms with van der Waals surface area (Å²) < 4.78 is 24.1. The summed E-state index contributed by atoms with van der Waals surface area (Å²) in [6.45, 7) is 1.38. The number of nitrogens with two attached hydrogens (primary N) is 1. The molecule has 4 N–H and O–H groups in total. The molecule has 0 aliphatic carbocycles. The van der Waals surface area contributed by atoms with E-state index in [1.807, 2.05) is 4.72 Å². The van der Waals surface area contributed by atoms with Gasteiger partial charge in [-0.05, 0) is 13.3 Å². The predicted molar refractivity (Wildman–Crippen MR) is 52.4 cm³/mol. The van der Waals surface area contributed by atoms with Crippen LogP contribution >= 0.6 is 0 Å². The van der Waals surface area contributed by atoms with Crippen molar-refractivity contribution in [1.82, 2.24) is 4.72 Å². The lowest BCUT2D eigenvalue weighted by Crippen LogP contribution is -2.42. The maximum atomic E-state index is 11.1. The van der Waals surface area contributed by atoms with Gasteiger partial charge < -0.3 is 10.8 Å². The van der Waals surface area contributed by atoms with Gasteiger partial charge in [-0.3, -0.25) is 9.59 Å². The van der Waals surface area contributed by atoms with E-state index in [1.54, 1.807) is 0 Å². The molecule has 0 unspecified atom stereocenters. The molecule has 0 spiro atoms. The van der Waals surface area contributed by atoms with Crippen molar-refractivity contribution >= 4 is 21.9 Å². The summed E-state index contributed by atoms with van der Waals surface area (Å²) in [5.74, 6) is -2.21. The largest absolute Gasteiger partial charge is 0.480 e. The van der Waals surface area contributed by atoms with Gasteiger partial charge in [-0.25, -0.2) is 13.1 Å². The lowest BCUT2D eigenvalue weighted by atomic mass is 10.2. The molecule has 1 atom stereocenters. The van der Waals surface area contributed by atoms with E-state index in [4.69, 9.17) is 10.8 Å². The fraction of sp³-hybridized carbons (Fsp3) is 0.714. The van der Waals surface area contributed by atoms with E-state index >= 15 is 0 Å². The van der Waals surface area contributed by atoms with Gasteiger partial charge in [0.2, 0.25) is 15.9 Å². The molecule has 0 aliphatic heterocycles. The maximum Gasteiger partial charge on any atom is 0.321 e. The van der Waals surface area contributed by atoms with E-state index < -0.39 is 27.9 Å². The summed E-state index contributed by atoms with van der Waals surface area (Å²) in [6, 6.07) is -1.30. The number of carbonyl (C=O) groups is 2. The van der Waals surface area contributed by atoms with Crippen molar-refractivity contribution in [2.45, 2.75) is 25.8 Å². The second-order valence-electron chi connectivity index (χ2n) is 2.92. The highest BCUT2D eigenvalue weighted by atomic mass is 32.2. The number of sulfonamides is 1. The number of amides is 1. The Labute approximate surface area is 87.7 Å². The van der Waals surface area contributed by atoms with Crippen molar-refractivity contribution in [3.05, 3.63) is 0 Å². The topological polar surface area (TPSA) is 127 Å². The smallest absolute Gasteiger partial charge is 0.321 e. The third kappa shape index (κ3) is 6.02. The number of rotatable bonds is 7. The van der Waals surface area contributed by atoms with E-state index in [0.717, 1.165) is 0 Å². The quantitative estimate of drug-likeness (QED) is 0.505. The average Bonchev–Trinajstić information content (AvgIpc) is 2.11. The summed E-state index contributed by atoms with van der Waals surface area (Å²) >= 11 is 0. The molecule has 0 radical (unpaired) electrons. The first-order valence-electron chi connectivity index (χ1n) is 4.29. The van der Waals surface area contributed by atoms with Crippen molar-refractivity contribution < 1.29 is 23.1 Å². The fourth-order valence-corrected chi connectivity index (χ4v) is 1.64. The molecule has 0 aromatic carbocycles. The summed E-state index contributed by atoms with van der Waals surface area (Å²) in [6.07, 6.45) is -0.326. The summed E-state index contributed by atoms with van der Waals surface area (Å²) in [5, 5.41) is 8.67. The van der Waals surface area contributed by atoms with Crippen molar-refractivity contribution in [3.8, 4) is 0 Å². The average molecular weight is 238 g/mol. The molecule has 0 heterocycles. The summed E-state index contributed by atoms with van der Waals surface area (Å²) in [4.78, 5) is 21.0. The highest BCUT2D eigenvalue weighted by Crippen LogP contribution is 1.99. The minimum atomic E-state index is -3.59. The van der Waals surface area contributed by atoms with E-state index in [0.29, 0.717) is 0 Å². The summed E-state index contributed by atoms with van der Waals surface area (Å²) in [7, 11) is -3.59.